The number of hydrogen-bond donors (Lipinski definition) is 0. The first-order chi connectivity index (χ1) is 29.0. The van der Waals surface area contributed by atoms with E-state index in [-0.39, 0.29) is 42.8 Å². The van der Waals surface area contributed by atoms with Crippen molar-refractivity contribution < 1.29 is 44.5 Å². The van der Waals surface area contributed by atoms with Crippen molar-refractivity contribution in [2.24, 2.45) is 5.41 Å². The van der Waals surface area contributed by atoms with Crippen molar-refractivity contribution in [1.82, 2.24) is 9.97 Å². The number of aryl methyl sites for hydroxylation is 1. The van der Waals surface area contributed by atoms with Gasteiger partial charge in [0.25, 0.3) is 0 Å². The molecule has 0 bridgehead atoms. The molecule has 0 spiro atoms. The molecule has 0 unspecified atom stereocenters. The number of alkyl halides is 3. The summed E-state index contributed by atoms with van der Waals surface area (Å²) in [7, 11) is 0. The Morgan fingerprint density at radius 2 is 1.54 bits per heavy atom. The second kappa shape index (κ2) is 16.6. The molecule has 8 aromatic rings. The molecule has 5 aromatic carbocycles. The molecule has 0 N–H and O–H groups in total. The average Bonchev–Trinajstić information content (AvgIpc) is 3.64. The van der Waals surface area contributed by atoms with Gasteiger partial charge in [-0.2, -0.15) is 13.2 Å². The van der Waals surface area contributed by atoms with Crippen LogP contribution in [0.4, 0.5) is 13.2 Å². The third-order valence-electron chi connectivity index (χ3n) is 10.5. The van der Waals surface area contributed by atoms with Crippen molar-refractivity contribution in [3.8, 4) is 44.8 Å². The first kappa shape index (κ1) is 33.7. The topological polar surface area (TPSA) is 38.9 Å². The van der Waals surface area contributed by atoms with E-state index in [0.29, 0.717) is 41.3 Å². The van der Waals surface area contributed by atoms with Gasteiger partial charge < -0.3 is 14.4 Å². The Bertz CT molecular complexity index is 2800. The standard InChI is InChI=1S/C39H33F3NO.C11H8N.Ir/c1-24-21-27(25-17-19-38(2,3)20-18-25)15-16-28(24)33-22-35(43-23-34(33)39(40,41)42)32-14-8-13-31-30-12-7-11-29(36(30)44-37(31)32)26-9-5-4-6-10-26;1-2-6-10(7-3-1)11-8-4-5-9-12-11;/h4-13,15-16,21-23,25H,17-20H2,1-3H3;1-6,8-9H;/q2*-1;/i1D3,16D,25D;;. The Morgan fingerprint density at radius 3 is 2.26 bits per heavy atom. The minimum absolute atomic E-state index is 0. The number of fused-ring (bicyclic) bond motifs is 3. The SMILES string of the molecule is [2H]c1cc(C2([2H])CCC(C)(C)CC2)cc(C([2H])([2H])[2H])c1-c1cc(-c2[c-]ccc3c2oc2c(-c4ccccc4)cccc23)ncc1C(F)(F)F.[Ir].[c-]1ccccc1-c1ccccn1. The minimum Gasteiger partial charge on any atom is -0.500 e. The van der Waals surface area contributed by atoms with Crippen LogP contribution < -0.4 is 0 Å². The Balaban J connectivity index is 0.000000382. The van der Waals surface area contributed by atoms with Gasteiger partial charge in [-0.1, -0.05) is 110 Å². The molecule has 3 aromatic heterocycles. The summed E-state index contributed by atoms with van der Waals surface area (Å²) < 4.78 is 93.7. The van der Waals surface area contributed by atoms with Crippen molar-refractivity contribution in [3.05, 3.63) is 169 Å². The summed E-state index contributed by atoms with van der Waals surface area (Å²) in [6.07, 6.45) is -0.0548. The summed E-state index contributed by atoms with van der Waals surface area (Å²) in [5.74, 6) is -1.15. The number of nitrogens with zero attached hydrogens (tertiary/aromatic N) is 2. The van der Waals surface area contributed by atoms with Crippen LogP contribution in [0.3, 0.4) is 0 Å². The maximum atomic E-state index is 14.6. The molecule has 0 aliphatic heterocycles. The molecule has 0 amide bonds. The van der Waals surface area contributed by atoms with Crippen LogP contribution in [0, 0.1) is 24.4 Å². The third-order valence-corrected chi connectivity index (χ3v) is 10.5. The molecule has 3 nitrogen and oxygen atoms in total. The Kier molecular flexibility index (Phi) is 9.84. The molecule has 0 atom stereocenters. The monoisotopic (exact) mass is 940 g/mol. The fourth-order valence-corrected chi connectivity index (χ4v) is 7.34. The summed E-state index contributed by atoms with van der Waals surface area (Å²) in [5.41, 5.74) is 3.11. The fraction of sp³-hybridized carbons (Fsp3) is 0.200. The van der Waals surface area contributed by atoms with E-state index in [9.17, 15) is 14.5 Å². The van der Waals surface area contributed by atoms with Crippen LogP contribution in [0.1, 0.15) is 69.0 Å². The molecule has 1 saturated carbocycles. The van der Waals surface area contributed by atoms with Crippen LogP contribution >= 0.6 is 0 Å². The number of halogens is 3. The van der Waals surface area contributed by atoms with Crippen molar-refractivity contribution in [2.75, 3.05) is 0 Å². The van der Waals surface area contributed by atoms with E-state index in [0.717, 1.165) is 46.0 Å². The van der Waals surface area contributed by atoms with Gasteiger partial charge in [0.2, 0.25) is 0 Å². The van der Waals surface area contributed by atoms with E-state index in [1.165, 1.54) is 18.2 Å². The molecule has 1 aliphatic carbocycles. The number of aromatic nitrogens is 2. The fourth-order valence-electron chi connectivity index (χ4n) is 7.34. The summed E-state index contributed by atoms with van der Waals surface area (Å²) in [5, 5.41) is 1.53. The van der Waals surface area contributed by atoms with Crippen LogP contribution in [-0.4, -0.2) is 9.97 Å². The predicted octanol–water partition coefficient (Wildman–Crippen LogP) is 14.3. The van der Waals surface area contributed by atoms with Gasteiger partial charge in [0, 0.05) is 48.9 Å². The maximum absolute atomic E-state index is 14.6. The Morgan fingerprint density at radius 1 is 0.772 bits per heavy atom. The number of benzene rings is 5. The third kappa shape index (κ3) is 8.51. The van der Waals surface area contributed by atoms with Gasteiger partial charge in [0.15, 0.2) is 0 Å². The molecule has 7 heteroatoms. The molecule has 0 saturated heterocycles. The number of rotatable bonds is 5. The predicted molar refractivity (Wildman–Crippen MR) is 220 cm³/mol. The zero-order valence-electron chi connectivity index (χ0n) is 36.3. The van der Waals surface area contributed by atoms with Crippen molar-refractivity contribution in [1.29, 1.82) is 0 Å². The molecular weight excluding hydrogens is 894 g/mol. The molecule has 1 aliphatic rings. The second-order valence-electron chi connectivity index (χ2n) is 14.8. The van der Waals surface area contributed by atoms with Gasteiger partial charge >= 0.3 is 6.18 Å². The van der Waals surface area contributed by atoms with Gasteiger partial charge in [-0.15, -0.1) is 54.1 Å². The minimum atomic E-state index is -4.90. The molecule has 289 valence electrons. The zero-order chi connectivity index (χ0) is 43.2. The van der Waals surface area contributed by atoms with E-state index in [2.05, 4.69) is 35.9 Å². The van der Waals surface area contributed by atoms with Gasteiger partial charge in [0.05, 0.1) is 12.5 Å². The molecule has 3 heterocycles. The molecule has 1 radical (unpaired) electrons. The zero-order valence-corrected chi connectivity index (χ0v) is 33.7. The van der Waals surface area contributed by atoms with Crippen LogP contribution in [0.5, 0.6) is 0 Å². The maximum Gasteiger partial charge on any atom is 0.418 e. The van der Waals surface area contributed by atoms with Gasteiger partial charge in [-0.3, -0.25) is 0 Å². The van der Waals surface area contributed by atoms with E-state index < -0.39 is 35.6 Å². The van der Waals surface area contributed by atoms with E-state index in [1.54, 1.807) is 12.3 Å². The summed E-state index contributed by atoms with van der Waals surface area (Å²) in [6, 6.07) is 42.3. The smallest absolute Gasteiger partial charge is 0.418 e. The van der Waals surface area contributed by atoms with Crippen molar-refractivity contribution >= 4 is 21.9 Å². The Hall–Kier alpha value is -5.36. The van der Waals surface area contributed by atoms with Gasteiger partial charge in [-0.25, -0.2) is 0 Å². The van der Waals surface area contributed by atoms with Crippen molar-refractivity contribution in [2.45, 2.75) is 58.5 Å². The van der Waals surface area contributed by atoms with Crippen LogP contribution in [0.25, 0.3) is 66.7 Å². The molecular formula is C50H41F3IrN2O-2. The average molecular weight is 940 g/mol. The summed E-state index contributed by atoms with van der Waals surface area (Å²) in [6.45, 7) is 1.37. The number of para-hydroxylation sites is 1. The van der Waals surface area contributed by atoms with E-state index in [4.69, 9.17) is 9.90 Å². The first-order valence-corrected chi connectivity index (χ1v) is 18.6. The van der Waals surface area contributed by atoms with Gasteiger partial charge in [-0.05, 0) is 89.1 Å². The van der Waals surface area contributed by atoms with Gasteiger partial charge in [0.1, 0.15) is 5.58 Å². The normalized spacial score (nSPS) is 16.2. The van der Waals surface area contributed by atoms with Crippen LogP contribution in [0.2, 0.25) is 0 Å². The van der Waals surface area contributed by atoms with Crippen LogP contribution in [0.15, 0.2) is 144 Å². The molecule has 1 fully saturated rings. The van der Waals surface area contributed by atoms with Crippen molar-refractivity contribution in [3.63, 3.8) is 0 Å². The number of furan rings is 1. The Labute approximate surface area is 352 Å². The first-order valence-electron chi connectivity index (χ1n) is 21.1. The van der Waals surface area contributed by atoms with E-state index in [1.807, 2.05) is 97.1 Å². The summed E-state index contributed by atoms with van der Waals surface area (Å²) >= 11 is 0. The number of hydrogen-bond acceptors (Lipinski definition) is 3. The largest absolute Gasteiger partial charge is 0.500 e. The van der Waals surface area contributed by atoms with E-state index >= 15 is 0 Å². The molecule has 9 rings (SSSR count). The molecule has 57 heavy (non-hydrogen) atoms. The summed E-state index contributed by atoms with van der Waals surface area (Å²) in [4.78, 5) is 8.41. The number of pyridine rings is 2. The quantitative estimate of drug-likeness (QED) is 0.161. The second-order valence-corrected chi connectivity index (χ2v) is 14.8. The van der Waals surface area contributed by atoms with Crippen LogP contribution in [-0.2, 0) is 26.3 Å².